The molecule has 1 heterocycles. The molecule has 1 aromatic heterocycles. The largest absolute Gasteiger partial charge is 0.326 e. The molecule has 0 fully saturated rings. The number of hydrogen-bond donors (Lipinski definition) is 2. The van der Waals surface area contributed by atoms with Crippen LogP contribution in [0.1, 0.15) is 5.56 Å². The zero-order chi connectivity index (χ0) is 6.69. The normalized spacial score (nSPS) is 8.50. The van der Waals surface area contributed by atoms with Gasteiger partial charge < -0.3 is 5.73 Å². The summed E-state index contributed by atoms with van der Waals surface area (Å²) in [6, 6.07) is 3.59. The van der Waals surface area contributed by atoms with Crippen molar-refractivity contribution in [2.75, 3.05) is 0 Å². The zero-order valence-corrected chi connectivity index (χ0v) is 6.21. The first-order chi connectivity index (χ1) is 4.33. The Kier molecular flexibility index (Phi) is 3.76. The maximum Gasteiger partial charge on any atom is 0.226 e. The first-order valence-corrected chi connectivity index (χ1v) is 2.72. The molecular weight excluding hydrogens is 152 g/mol. The quantitative estimate of drug-likeness (QED) is 0.453. The molecule has 3 N–H and O–H groups in total. The van der Waals surface area contributed by atoms with E-state index >= 15 is 0 Å². The van der Waals surface area contributed by atoms with Crippen LogP contribution < -0.4 is 10.5 Å². The Morgan fingerprint density at radius 1 is 1.60 bits per heavy atom. The van der Waals surface area contributed by atoms with Crippen LogP contribution in [0.15, 0.2) is 24.5 Å². The molecule has 0 radical (unpaired) electrons. The number of halogens is 1. The molecule has 0 aliphatic carbocycles. The lowest BCUT2D eigenvalue weighted by Gasteiger charge is -1.87. The van der Waals surface area contributed by atoms with E-state index in [2.05, 4.69) is 0 Å². The first kappa shape index (κ1) is 9.20. The van der Waals surface area contributed by atoms with Gasteiger partial charge in [0.15, 0.2) is 0 Å². The van der Waals surface area contributed by atoms with E-state index in [0.717, 1.165) is 10.3 Å². The third-order valence-electron chi connectivity index (χ3n) is 1.08. The van der Waals surface area contributed by atoms with Gasteiger partial charge in [-0.1, -0.05) is 0 Å². The summed E-state index contributed by atoms with van der Waals surface area (Å²) in [6.07, 6.45) is 3.11. The van der Waals surface area contributed by atoms with E-state index < -0.39 is 0 Å². The van der Waals surface area contributed by atoms with Crippen molar-refractivity contribution in [1.29, 1.82) is 0 Å². The molecule has 0 atom stereocenters. The minimum Gasteiger partial charge on any atom is -0.326 e. The average Bonchev–Trinajstić information content (AvgIpc) is 1.88. The maximum absolute atomic E-state index is 8.81. The van der Waals surface area contributed by atoms with Crippen LogP contribution in [0.5, 0.6) is 0 Å². The van der Waals surface area contributed by atoms with Gasteiger partial charge in [0.2, 0.25) is 12.4 Å². The Labute approximate surface area is 65.5 Å². The fourth-order valence-corrected chi connectivity index (χ4v) is 0.632. The number of nitrogens with zero attached hydrogens (tertiary/aromatic N) is 1. The van der Waals surface area contributed by atoms with Crippen molar-refractivity contribution in [2.24, 2.45) is 5.73 Å². The summed E-state index contributed by atoms with van der Waals surface area (Å²) in [4.78, 5) is 0. The summed E-state index contributed by atoms with van der Waals surface area (Å²) in [5.41, 5.74) is 6.21. The zero-order valence-electron chi connectivity index (χ0n) is 5.40. The molecule has 0 aromatic carbocycles. The second-order valence-electron chi connectivity index (χ2n) is 1.80. The van der Waals surface area contributed by atoms with Crippen LogP contribution in [0.2, 0.25) is 0 Å². The highest BCUT2D eigenvalue weighted by atomic mass is 35.5. The van der Waals surface area contributed by atoms with Crippen molar-refractivity contribution < 1.29 is 9.94 Å². The number of pyridine rings is 1. The minimum atomic E-state index is 0. The van der Waals surface area contributed by atoms with E-state index in [0.29, 0.717) is 6.54 Å². The molecule has 10 heavy (non-hydrogen) atoms. The van der Waals surface area contributed by atoms with Gasteiger partial charge in [-0.2, -0.15) is 0 Å². The predicted molar refractivity (Wildman–Crippen MR) is 39.0 cm³/mol. The lowest BCUT2D eigenvalue weighted by molar-refractivity contribution is -0.905. The second kappa shape index (κ2) is 4.09. The molecule has 56 valence electrons. The fraction of sp³-hybridized carbons (Fsp3) is 0.167. The summed E-state index contributed by atoms with van der Waals surface area (Å²) in [7, 11) is 0. The van der Waals surface area contributed by atoms with Crippen LogP contribution in [0.3, 0.4) is 0 Å². The van der Waals surface area contributed by atoms with Gasteiger partial charge in [0, 0.05) is 22.9 Å². The number of nitrogens with two attached hydrogens (primary N) is 1. The predicted octanol–water partition coefficient (Wildman–Crippen LogP) is 0.0919. The smallest absolute Gasteiger partial charge is 0.226 e. The second-order valence-corrected chi connectivity index (χ2v) is 1.80. The summed E-state index contributed by atoms with van der Waals surface area (Å²) in [6.45, 7) is 0.460. The first-order valence-electron chi connectivity index (χ1n) is 2.72. The fourth-order valence-electron chi connectivity index (χ4n) is 0.632. The highest BCUT2D eigenvalue weighted by Gasteiger charge is 1.95. The Morgan fingerprint density at radius 3 is 2.70 bits per heavy atom. The van der Waals surface area contributed by atoms with Gasteiger partial charge in [-0.05, 0) is 6.07 Å². The summed E-state index contributed by atoms with van der Waals surface area (Å²) >= 11 is 0. The van der Waals surface area contributed by atoms with Crippen LogP contribution in [0, 0.1) is 0 Å². The number of rotatable bonds is 1. The van der Waals surface area contributed by atoms with Crippen molar-refractivity contribution in [1.82, 2.24) is 0 Å². The molecule has 4 heteroatoms. The third-order valence-corrected chi connectivity index (χ3v) is 1.08. The molecule has 1 aromatic rings. The van der Waals surface area contributed by atoms with Crippen LogP contribution in [0.4, 0.5) is 0 Å². The van der Waals surface area contributed by atoms with E-state index in [-0.39, 0.29) is 12.4 Å². The van der Waals surface area contributed by atoms with Gasteiger partial charge in [0.25, 0.3) is 0 Å². The minimum absolute atomic E-state index is 0. The molecule has 3 nitrogen and oxygen atoms in total. The topological polar surface area (TPSA) is 50.1 Å². The van der Waals surface area contributed by atoms with Gasteiger partial charge in [-0.15, -0.1) is 12.4 Å². The van der Waals surface area contributed by atoms with E-state index in [1.807, 2.05) is 6.07 Å². The third kappa shape index (κ3) is 2.21. The van der Waals surface area contributed by atoms with Crippen molar-refractivity contribution >= 4 is 12.4 Å². The molecule has 0 unspecified atom stereocenters. The lowest BCUT2D eigenvalue weighted by Crippen LogP contribution is -2.29. The molecule has 0 saturated carbocycles. The molecule has 0 spiro atoms. The Bertz CT molecular complexity index is 205. The maximum atomic E-state index is 8.81. The molecule has 0 amide bonds. The Hall–Kier alpha value is -0.800. The summed E-state index contributed by atoms with van der Waals surface area (Å²) < 4.78 is 0.988. The van der Waals surface area contributed by atoms with Crippen LogP contribution >= 0.6 is 12.4 Å². The molecule has 0 aliphatic rings. The van der Waals surface area contributed by atoms with E-state index in [1.54, 1.807) is 18.5 Å². The van der Waals surface area contributed by atoms with E-state index in [1.165, 1.54) is 0 Å². The molecule has 0 saturated heterocycles. The monoisotopic (exact) mass is 161 g/mol. The van der Waals surface area contributed by atoms with Gasteiger partial charge in [0.05, 0.1) is 0 Å². The lowest BCUT2D eigenvalue weighted by atomic mass is 10.3. The Balaban J connectivity index is 0.000000810. The molecule has 0 aliphatic heterocycles. The van der Waals surface area contributed by atoms with Gasteiger partial charge in [0.1, 0.15) is 0 Å². The Morgan fingerprint density at radius 2 is 2.30 bits per heavy atom. The van der Waals surface area contributed by atoms with Crippen molar-refractivity contribution in [3.05, 3.63) is 30.1 Å². The van der Waals surface area contributed by atoms with Gasteiger partial charge in [-0.3, -0.25) is 5.21 Å². The van der Waals surface area contributed by atoms with Gasteiger partial charge >= 0.3 is 0 Å². The van der Waals surface area contributed by atoms with Gasteiger partial charge in [-0.25, -0.2) is 0 Å². The van der Waals surface area contributed by atoms with Crippen molar-refractivity contribution in [2.45, 2.75) is 6.54 Å². The van der Waals surface area contributed by atoms with Crippen molar-refractivity contribution in [3.8, 4) is 0 Å². The highest BCUT2D eigenvalue weighted by molar-refractivity contribution is 5.85. The van der Waals surface area contributed by atoms with E-state index in [4.69, 9.17) is 10.9 Å². The van der Waals surface area contributed by atoms with Crippen LogP contribution in [-0.2, 0) is 6.54 Å². The van der Waals surface area contributed by atoms with E-state index in [9.17, 15) is 0 Å². The average molecular weight is 162 g/mol. The number of hydrogen-bond acceptors (Lipinski definition) is 2. The number of aromatic nitrogens is 1. The summed E-state index contributed by atoms with van der Waals surface area (Å²) in [5, 5.41) is 8.81. The van der Waals surface area contributed by atoms with Crippen LogP contribution in [-0.4, -0.2) is 5.21 Å². The molecular formula is C6H10ClN2O+. The highest BCUT2D eigenvalue weighted by Crippen LogP contribution is 1.89. The van der Waals surface area contributed by atoms with Crippen molar-refractivity contribution in [3.63, 3.8) is 0 Å². The molecule has 0 bridgehead atoms. The molecule has 1 rings (SSSR count). The van der Waals surface area contributed by atoms with Crippen LogP contribution in [0.25, 0.3) is 0 Å². The standard InChI is InChI=1S/C6H9N2O.ClH/c7-4-6-2-1-3-8(9)5-6;/h1-3,5,9H,4,7H2;1H/q+1;. The summed E-state index contributed by atoms with van der Waals surface area (Å²) in [5.74, 6) is 0. The SMILES string of the molecule is Cl.NCc1ccc[n+](O)c1.